The average molecular weight is 387 g/mol. The van der Waals surface area contributed by atoms with Crippen molar-refractivity contribution < 1.29 is 14.3 Å². The van der Waals surface area contributed by atoms with Gasteiger partial charge in [-0.25, -0.2) is 0 Å². The number of nitrogens with zero attached hydrogens (tertiary/aromatic N) is 1. The summed E-state index contributed by atoms with van der Waals surface area (Å²) in [5.41, 5.74) is 0.968. The molecule has 28 heavy (non-hydrogen) atoms. The fourth-order valence-electron chi connectivity index (χ4n) is 4.57. The van der Waals surface area contributed by atoms with Gasteiger partial charge in [-0.05, 0) is 70.7 Å². The standard InChI is InChI=1S/C23H34N2O3/c1-6-7-12-25(18-14-22(2,3)24-23(4,5)15-18)21(26)11-9-17-8-10-19-20(13-17)28-16-27-19/h8-11,13,18,24H,6-7,12,14-16H2,1-5H3/b11-9+. The number of ether oxygens (including phenoxy) is 2. The highest BCUT2D eigenvalue weighted by molar-refractivity contribution is 5.92. The summed E-state index contributed by atoms with van der Waals surface area (Å²) in [5.74, 6) is 1.58. The molecular weight excluding hydrogens is 352 g/mol. The molecule has 3 rings (SSSR count). The van der Waals surface area contributed by atoms with Gasteiger partial charge in [0.15, 0.2) is 11.5 Å². The average Bonchev–Trinajstić information content (AvgIpc) is 3.05. The maximum absolute atomic E-state index is 13.1. The molecule has 1 aromatic carbocycles. The van der Waals surface area contributed by atoms with E-state index in [9.17, 15) is 4.79 Å². The lowest BCUT2D eigenvalue weighted by Crippen LogP contribution is -2.62. The van der Waals surface area contributed by atoms with Crippen LogP contribution in [0.3, 0.4) is 0 Å². The Labute approximate surface area is 169 Å². The Hall–Kier alpha value is -2.01. The maximum Gasteiger partial charge on any atom is 0.246 e. The second-order valence-corrected chi connectivity index (χ2v) is 9.29. The van der Waals surface area contributed by atoms with Gasteiger partial charge in [0.05, 0.1) is 0 Å². The first-order valence-corrected chi connectivity index (χ1v) is 10.4. The van der Waals surface area contributed by atoms with Crippen LogP contribution in [0.5, 0.6) is 11.5 Å². The summed E-state index contributed by atoms with van der Waals surface area (Å²) in [7, 11) is 0. The van der Waals surface area contributed by atoms with E-state index in [1.807, 2.05) is 24.3 Å². The molecule has 5 nitrogen and oxygen atoms in total. The van der Waals surface area contributed by atoms with E-state index in [2.05, 4.69) is 44.8 Å². The number of piperidine rings is 1. The van der Waals surface area contributed by atoms with Crippen molar-refractivity contribution in [3.05, 3.63) is 29.8 Å². The van der Waals surface area contributed by atoms with Gasteiger partial charge in [0.1, 0.15) is 0 Å². The normalized spacial score (nSPS) is 20.5. The van der Waals surface area contributed by atoms with E-state index in [0.29, 0.717) is 0 Å². The Kier molecular flexibility index (Phi) is 6.04. The molecule has 0 spiro atoms. The zero-order chi connectivity index (χ0) is 20.4. The van der Waals surface area contributed by atoms with Crippen LogP contribution in [0.15, 0.2) is 24.3 Å². The first kappa shape index (κ1) is 20.7. The molecule has 0 radical (unpaired) electrons. The van der Waals surface area contributed by atoms with Crippen LogP contribution in [0.1, 0.15) is 65.9 Å². The molecule has 0 aliphatic carbocycles. The zero-order valence-electron chi connectivity index (χ0n) is 17.9. The smallest absolute Gasteiger partial charge is 0.246 e. The van der Waals surface area contributed by atoms with E-state index in [0.717, 1.165) is 49.3 Å². The van der Waals surface area contributed by atoms with Crippen molar-refractivity contribution in [3.8, 4) is 11.5 Å². The molecule has 5 heteroatoms. The Morgan fingerprint density at radius 3 is 2.54 bits per heavy atom. The van der Waals surface area contributed by atoms with Gasteiger partial charge in [-0.15, -0.1) is 0 Å². The topological polar surface area (TPSA) is 50.8 Å². The van der Waals surface area contributed by atoms with Crippen molar-refractivity contribution in [1.82, 2.24) is 10.2 Å². The lowest BCUT2D eigenvalue weighted by atomic mass is 9.79. The second kappa shape index (κ2) is 8.16. The summed E-state index contributed by atoms with van der Waals surface area (Å²) in [6, 6.07) is 6.00. The number of amides is 1. The summed E-state index contributed by atoms with van der Waals surface area (Å²) in [4.78, 5) is 15.2. The van der Waals surface area contributed by atoms with Gasteiger partial charge in [-0.2, -0.15) is 0 Å². The van der Waals surface area contributed by atoms with Gasteiger partial charge >= 0.3 is 0 Å². The van der Waals surface area contributed by atoms with Crippen molar-refractivity contribution in [2.75, 3.05) is 13.3 Å². The number of fused-ring (bicyclic) bond motifs is 1. The third-order valence-corrected chi connectivity index (χ3v) is 5.46. The highest BCUT2D eigenvalue weighted by atomic mass is 16.7. The summed E-state index contributed by atoms with van der Waals surface area (Å²) < 4.78 is 10.8. The number of carbonyl (C=O) groups excluding carboxylic acids is 1. The van der Waals surface area contributed by atoms with Crippen molar-refractivity contribution in [3.63, 3.8) is 0 Å². The first-order valence-electron chi connectivity index (χ1n) is 10.4. The Balaban J connectivity index is 1.76. The fourth-order valence-corrected chi connectivity index (χ4v) is 4.57. The molecule has 0 unspecified atom stereocenters. The van der Waals surface area contributed by atoms with E-state index >= 15 is 0 Å². The summed E-state index contributed by atoms with van der Waals surface area (Å²) in [6.45, 7) is 12.1. The molecule has 2 aliphatic rings. The molecule has 1 saturated heterocycles. The molecule has 154 valence electrons. The molecule has 2 heterocycles. The maximum atomic E-state index is 13.1. The van der Waals surface area contributed by atoms with Crippen LogP contribution in [0.4, 0.5) is 0 Å². The number of hydrogen-bond donors (Lipinski definition) is 1. The third kappa shape index (κ3) is 5.07. The zero-order valence-corrected chi connectivity index (χ0v) is 17.9. The first-order chi connectivity index (χ1) is 13.2. The molecule has 0 bridgehead atoms. The van der Waals surface area contributed by atoms with Gasteiger partial charge in [0.2, 0.25) is 12.7 Å². The number of carbonyl (C=O) groups is 1. The number of rotatable bonds is 6. The number of benzene rings is 1. The Morgan fingerprint density at radius 1 is 1.18 bits per heavy atom. The number of unbranched alkanes of at least 4 members (excludes halogenated alkanes) is 1. The van der Waals surface area contributed by atoms with E-state index < -0.39 is 0 Å². The lowest BCUT2D eigenvalue weighted by molar-refractivity contribution is -0.130. The number of nitrogens with one attached hydrogen (secondary N) is 1. The molecule has 1 fully saturated rings. The van der Waals surface area contributed by atoms with Crippen molar-refractivity contribution >= 4 is 12.0 Å². The quantitative estimate of drug-likeness (QED) is 0.738. The van der Waals surface area contributed by atoms with E-state index in [4.69, 9.17) is 9.47 Å². The molecule has 1 aromatic rings. The van der Waals surface area contributed by atoms with Crippen LogP contribution in [-0.2, 0) is 4.79 Å². The highest BCUT2D eigenvalue weighted by Crippen LogP contribution is 2.34. The molecule has 0 atom stereocenters. The van der Waals surface area contributed by atoms with Gasteiger partial charge in [-0.3, -0.25) is 4.79 Å². The molecule has 0 aromatic heterocycles. The van der Waals surface area contributed by atoms with E-state index in [1.54, 1.807) is 6.08 Å². The SMILES string of the molecule is CCCCN(C(=O)/C=C/c1ccc2c(c1)OCO2)C1CC(C)(C)NC(C)(C)C1. The predicted molar refractivity (Wildman–Crippen MR) is 113 cm³/mol. The monoisotopic (exact) mass is 386 g/mol. The van der Waals surface area contributed by atoms with Crippen LogP contribution >= 0.6 is 0 Å². The fraction of sp³-hybridized carbons (Fsp3) is 0.609. The minimum Gasteiger partial charge on any atom is -0.454 e. The van der Waals surface area contributed by atoms with Gasteiger partial charge in [0.25, 0.3) is 0 Å². The van der Waals surface area contributed by atoms with Crippen LogP contribution in [0, 0.1) is 0 Å². The van der Waals surface area contributed by atoms with Crippen LogP contribution in [0.2, 0.25) is 0 Å². The number of hydrogen-bond acceptors (Lipinski definition) is 4. The van der Waals surface area contributed by atoms with E-state index in [-0.39, 0.29) is 29.8 Å². The van der Waals surface area contributed by atoms with Crippen molar-refractivity contribution in [2.45, 2.75) is 77.4 Å². The Bertz CT molecular complexity index is 723. The van der Waals surface area contributed by atoms with Gasteiger partial charge in [0, 0.05) is 29.7 Å². The second-order valence-electron chi connectivity index (χ2n) is 9.29. The molecule has 2 aliphatic heterocycles. The third-order valence-electron chi connectivity index (χ3n) is 5.46. The van der Waals surface area contributed by atoms with Crippen LogP contribution in [0.25, 0.3) is 6.08 Å². The minimum atomic E-state index is 0.0121. The molecule has 0 saturated carbocycles. The summed E-state index contributed by atoms with van der Waals surface area (Å²) >= 11 is 0. The molecule has 1 N–H and O–H groups in total. The van der Waals surface area contributed by atoms with E-state index in [1.165, 1.54) is 0 Å². The predicted octanol–water partition coefficient (Wildman–Crippen LogP) is 4.37. The molecular formula is C23H34N2O3. The minimum absolute atomic E-state index is 0.0121. The largest absolute Gasteiger partial charge is 0.454 e. The Morgan fingerprint density at radius 2 is 1.86 bits per heavy atom. The van der Waals surface area contributed by atoms with Crippen molar-refractivity contribution in [2.24, 2.45) is 0 Å². The van der Waals surface area contributed by atoms with Crippen LogP contribution in [-0.4, -0.2) is 41.3 Å². The van der Waals surface area contributed by atoms with Crippen LogP contribution < -0.4 is 14.8 Å². The molecule has 1 amide bonds. The van der Waals surface area contributed by atoms with Gasteiger partial charge < -0.3 is 19.7 Å². The van der Waals surface area contributed by atoms with Crippen molar-refractivity contribution in [1.29, 1.82) is 0 Å². The summed E-state index contributed by atoms with van der Waals surface area (Å²) in [5, 5.41) is 3.71. The van der Waals surface area contributed by atoms with Gasteiger partial charge in [-0.1, -0.05) is 19.4 Å². The summed E-state index contributed by atoms with van der Waals surface area (Å²) in [6.07, 6.45) is 7.60. The highest BCUT2D eigenvalue weighted by Gasteiger charge is 2.40. The lowest BCUT2D eigenvalue weighted by Gasteiger charge is -2.49.